The van der Waals surface area contributed by atoms with E-state index in [1.807, 2.05) is 69.9 Å². The minimum Gasteiger partial charge on any atom is -0.508 e. The number of ether oxygens (including phenoxy) is 2. The number of alkyl halides is 1. The molecule has 0 spiro atoms. The molecule has 1 unspecified atom stereocenters. The molecule has 85 heavy (non-hydrogen) atoms. The first-order valence-electron chi connectivity index (χ1n) is 29.4. The molecule has 1 atom stereocenters. The topological polar surface area (TPSA) is 121 Å². The Hall–Kier alpha value is -9.51. The Morgan fingerprint density at radius 3 is 1.21 bits per heavy atom. The van der Waals surface area contributed by atoms with Gasteiger partial charge in [0.1, 0.15) is 34.5 Å². The van der Waals surface area contributed by atoms with Gasteiger partial charge in [0.05, 0.1) is 49.2 Å². The number of pyridine rings is 4. The first-order chi connectivity index (χ1) is 41.7. The summed E-state index contributed by atoms with van der Waals surface area (Å²) in [4.78, 5) is 28.0. The lowest BCUT2D eigenvalue weighted by atomic mass is 10.1. The third-order valence-corrected chi connectivity index (χ3v) is 16.1. The fraction of sp³-hybridized carbons (Fsp3) is 0.246. The first-order valence-corrected chi connectivity index (χ1v) is 29.4. The Labute approximate surface area is 494 Å². The quantitative estimate of drug-likeness (QED) is 0.157. The Kier molecular flexibility index (Phi) is 15.9. The summed E-state index contributed by atoms with van der Waals surface area (Å²) < 4.78 is 32.4. The van der Waals surface area contributed by atoms with E-state index in [4.69, 9.17) is 19.4 Å². The number of aromatic hydroxyl groups is 1. The zero-order valence-electron chi connectivity index (χ0n) is 48.0. The fourth-order valence-electron chi connectivity index (χ4n) is 11.2. The second kappa shape index (κ2) is 24.8. The van der Waals surface area contributed by atoms with Gasteiger partial charge in [-0.15, -0.1) is 0 Å². The van der Waals surface area contributed by atoms with Gasteiger partial charge in [-0.05, 0) is 81.3 Å². The molecule has 0 saturated carbocycles. The van der Waals surface area contributed by atoms with Crippen LogP contribution in [-0.4, -0.2) is 128 Å². The number of fused-ring (bicyclic) bond motifs is 4. The van der Waals surface area contributed by atoms with Crippen LogP contribution in [0.2, 0.25) is 0 Å². The van der Waals surface area contributed by atoms with Crippen molar-refractivity contribution >= 4 is 45.3 Å². The molecule has 4 aromatic carbocycles. The third-order valence-electron chi connectivity index (χ3n) is 16.1. The summed E-state index contributed by atoms with van der Waals surface area (Å²) in [5.74, 6) is 0.276. The predicted molar refractivity (Wildman–Crippen MR) is 338 cm³/mol. The van der Waals surface area contributed by atoms with Crippen molar-refractivity contribution in [3.8, 4) is 50.8 Å². The van der Waals surface area contributed by atoms with Crippen molar-refractivity contribution in [3.63, 3.8) is 0 Å². The lowest BCUT2D eigenvalue weighted by molar-refractivity contribution is 0.122. The van der Waals surface area contributed by atoms with Gasteiger partial charge in [-0.3, -0.25) is 0 Å². The second-order valence-corrected chi connectivity index (χ2v) is 22.1. The van der Waals surface area contributed by atoms with Crippen molar-refractivity contribution in [2.75, 3.05) is 98.4 Å². The van der Waals surface area contributed by atoms with Crippen LogP contribution < -0.4 is 19.6 Å². The molecule has 0 aliphatic carbocycles. The number of anilines is 4. The lowest BCUT2D eigenvalue weighted by Gasteiger charge is -2.33. The number of morpholine rings is 2. The molecule has 8 aromatic heterocycles. The van der Waals surface area contributed by atoms with Crippen molar-refractivity contribution < 1.29 is 19.0 Å². The van der Waals surface area contributed by atoms with Gasteiger partial charge in [-0.1, -0.05) is 83.9 Å². The van der Waals surface area contributed by atoms with Crippen LogP contribution in [-0.2, 0) is 9.47 Å². The normalized spacial score (nSPS) is 16.0. The van der Waals surface area contributed by atoms with Gasteiger partial charge in [-0.25, -0.2) is 24.3 Å². The molecular weight excluding hydrogens is 1060 g/mol. The zero-order valence-corrected chi connectivity index (χ0v) is 48.0. The molecule has 0 amide bonds. The highest BCUT2D eigenvalue weighted by atomic mass is 19.1. The smallest absolute Gasteiger partial charge is 0.139 e. The molecular formula is C69H69FN12O3. The predicted octanol–water partition coefficient (Wildman–Crippen LogP) is 12.8. The van der Waals surface area contributed by atoms with Gasteiger partial charge in [0.2, 0.25) is 0 Å². The van der Waals surface area contributed by atoms with E-state index in [1.165, 1.54) is 34.6 Å². The SMILES string of the molecule is Cc1ccc(-c2cn3ccc(N4CCOCC4)cc3n2)cc1.Cc1cccc(-c2cn3ccc(N4CCOCC4)cc3n2)c1.FC1CCN(c2ccn3cc(-c4ccccc4)nc3c2)C1.Oc1ccc(-c2cn3ccc(N4CCC4)cc3n2)cc1. The Morgan fingerprint density at radius 1 is 0.400 bits per heavy atom. The molecule has 4 aliphatic heterocycles. The largest absolute Gasteiger partial charge is 0.508 e. The molecule has 1 N–H and O–H groups in total. The van der Waals surface area contributed by atoms with Crippen LogP contribution in [0.25, 0.3) is 67.6 Å². The molecule has 4 fully saturated rings. The van der Waals surface area contributed by atoms with Crippen LogP contribution in [0.15, 0.2) is 201 Å². The maximum atomic E-state index is 13.3. The Balaban J connectivity index is 0.000000105. The van der Waals surface area contributed by atoms with E-state index in [9.17, 15) is 9.50 Å². The lowest BCUT2D eigenvalue weighted by Crippen LogP contribution is -2.36. The molecule has 16 rings (SSSR count). The van der Waals surface area contributed by atoms with Crippen molar-refractivity contribution in [2.45, 2.75) is 32.9 Å². The highest BCUT2D eigenvalue weighted by molar-refractivity contribution is 5.70. The summed E-state index contributed by atoms with van der Waals surface area (Å²) >= 11 is 0. The number of imidazole rings is 4. The van der Waals surface area contributed by atoms with Crippen LogP contribution in [0.4, 0.5) is 27.1 Å². The number of hydrogen-bond acceptors (Lipinski definition) is 11. The van der Waals surface area contributed by atoms with Crippen molar-refractivity contribution in [2.24, 2.45) is 0 Å². The molecule has 16 heteroatoms. The molecule has 430 valence electrons. The molecule has 12 heterocycles. The van der Waals surface area contributed by atoms with Gasteiger partial charge in [0, 0.05) is 171 Å². The van der Waals surface area contributed by atoms with Crippen molar-refractivity contribution in [1.82, 2.24) is 37.5 Å². The standard InChI is InChI=1S/2C18H19N3O.C17H16FN3.C16H15N3O/c1-14-2-4-15(5-3-14)17-13-21-7-6-16(12-18(21)19-17)20-8-10-22-11-9-20;1-14-3-2-4-15(11-14)17-13-21-6-5-16(12-18(21)19-17)20-7-9-22-10-8-20;18-14-6-8-20(11-14)15-7-9-21-12-16(19-17(21)10-15)13-4-2-1-3-5-13;20-14-4-2-12(3-5-14)15-11-19-9-6-13(10-16(19)17-15)18-7-1-8-18/h2-7,12-13H,8-11H2,1H3;2-6,11-13H,7-10H2,1H3;1-5,7,9-10,12,14H,6,8,11H2;2-6,9-11,20H,1,7-8H2. The summed E-state index contributed by atoms with van der Waals surface area (Å²) in [6.45, 7) is 14.7. The van der Waals surface area contributed by atoms with Gasteiger partial charge in [-0.2, -0.15) is 0 Å². The highest BCUT2D eigenvalue weighted by Crippen LogP contribution is 2.30. The fourth-order valence-corrected chi connectivity index (χ4v) is 11.2. The monoisotopic (exact) mass is 1130 g/mol. The van der Waals surface area contributed by atoms with Crippen LogP contribution in [0.1, 0.15) is 24.0 Å². The zero-order chi connectivity index (χ0) is 57.6. The number of aryl methyl sites for hydroxylation is 2. The third kappa shape index (κ3) is 12.7. The average molecular weight is 1130 g/mol. The summed E-state index contributed by atoms with van der Waals surface area (Å²) in [7, 11) is 0. The molecule has 4 saturated heterocycles. The molecule has 15 nitrogen and oxygen atoms in total. The number of benzene rings is 4. The second-order valence-electron chi connectivity index (χ2n) is 22.1. The molecule has 4 aliphatic rings. The summed E-state index contributed by atoms with van der Waals surface area (Å²) in [5, 5.41) is 9.34. The number of halogens is 1. The number of phenols is 1. The number of phenolic OH excluding ortho intramolecular Hbond substituents is 1. The van der Waals surface area contributed by atoms with Gasteiger partial charge in [0.25, 0.3) is 0 Å². The summed E-state index contributed by atoms with van der Waals surface area (Å²) in [6, 6.07) is 51.2. The van der Waals surface area contributed by atoms with E-state index in [0.717, 1.165) is 146 Å². The van der Waals surface area contributed by atoms with E-state index < -0.39 is 6.17 Å². The molecule has 0 bridgehead atoms. The number of aromatic nitrogens is 8. The minimum absolute atomic E-state index is 0.276. The van der Waals surface area contributed by atoms with Crippen molar-refractivity contribution in [1.29, 1.82) is 0 Å². The minimum atomic E-state index is -0.708. The summed E-state index contributed by atoms with van der Waals surface area (Å²) in [6.07, 6.45) is 17.6. The maximum absolute atomic E-state index is 13.3. The van der Waals surface area contributed by atoms with Crippen LogP contribution in [0, 0.1) is 13.8 Å². The van der Waals surface area contributed by atoms with Crippen LogP contribution >= 0.6 is 0 Å². The maximum Gasteiger partial charge on any atom is 0.139 e. The van der Waals surface area contributed by atoms with E-state index >= 15 is 0 Å². The van der Waals surface area contributed by atoms with Crippen LogP contribution in [0.5, 0.6) is 5.75 Å². The Bertz CT molecular complexity index is 4200. The Morgan fingerprint density at radius 2 is 0.800 bits per heavy atom. The van der Waals surface area contributed by atoms with E-state index in [-0.39, 0.29) is 5.75 Å². The van der Waals surface area contributed by atoms with Gasteiger partial charge in [0.15, 0.2) is 0 Å². The molecule has 0 radical (unpaired) electrons. The van der Waals surface area contributed by atoms with E-state index in [1.54, 1.807) is 12.1 Å². The molecule has 12 aromatic rings. The van der Waals surface area contributed by atoms with Crippen molar-refractivity contribution in [3.05, 3.63) is 212 Å². The van der Waals surface area contributed by atoms with Gasteiger partial charge < -0.3 is 51.8 Å². The first kappa shape index (κ1) is 54.7. The number of nitrogens with zero attached hydrogens (tertiary/aromatic N) is 12. The van der Waals surface area contributed by atoms with Crippen LogP contribution in [0.3, 0.4) is 0 Å². The summed E-state index contributed by atoms with van der Waals surface area (Å²) in [5.41, 5.74) is 19.4. The van der Waals surface area contributed by atoms with E-state index in [0.29, 0.717) is 13.0 Å². The average Bonchev–Trinajstić information content (AvgIpc) is 4.55. The highest BCUT2D eigenvalue weighted by Gasteiger charge is 2.23. The number of rotatable bonds is 8. The van der Waals surface area contributed by atoms with E-state index in [2.05, 4.69) is 180 Å². The number of hydrogen-bond donors (Lipinski definition) is 1. The van der Waals surface area contributed by atoms with Gasteiger partial charge >= 0.3 is 0 Å².